The number of hydrogen-bond acceptors (Lipinski definition) is 6. The number of halogens is 2. The first-order valence-electron chi connectivity index (χ1n) is 11.1. The molecule has 7 nitrogen and oxygen atoms in total. The Labute approximate surface area is 212 Å². The molecule has 2 amide bonds. The third-order valence-electron chi connectivity index (χ3n) is 5.83. The molecule has 34 heavy (non-hydrogen) atoms. The molecule has 10 heteroatoms. The standard InChI is InChI=1S/C24H25Cl2N5O2S/c1-14-12-27-23(15(2)28-14)30-21(32)5-6-22(33)31-9-7-16(8-10-31)24-29-20(13-34-24)17-3-4-18(25)19(26)11-17/h3-4,11-13,16H,5-10H2,1-2H3,(H,27,30,32). The van der Waals surface area contributed by atoms with Crippen molar-refractivity contribution in [3.05, 3.63) is 56.2 Å². The number of likely N-dealkylation sites (tertiary alicyclic amines) is 1. The van der Waals surface area contributed by atoms with Crippen molar-refractivity contribution in [3.8, 4) is 11.3 Å². The summed E-state index contributed by atoms with van der Waals surface area (Å²) in [5.41, 5.74) is 3.27. The summed E-state index contributed by atoms with van der Waals surface area (Å²) >= 11 is 13.8. The van der Waals surface area contributed by atoms with Crippen LogP contribution in [0.3, 0.4) is 0 Å². The molecule has 0 spiro atoms. The zero-order valence-corrected chi connectivity index (χ0v) is 21.3. The van der Waals surface area contributed by atoms with Gasteiger partial charge in [0.15, 0.2) is 5.82 Å². The van der Waals surface area contributed by atoms with E-state index in [1.54, 1.807) is 30.5 Å². The Bertz CT molecular complexity index is 1210. The van der Waals surface area contributed by atoms with Crippen LogP contribution < -0.4 is 5.32 Å². The summed E-state index contributed by atoms with van der Waals surface area (Å²) in [6.45, 7) is 4.96. The second-order valence-corrected chi connectivity index (χ2v) is 10.1. The number of carbonyl (C=O) groups is 2. The number of rotatable bonds is 6. The summed E-state index contributed by atoms with van der Waals surface area (Å²) in [5.74, 6) is 0.516. The second-order valence-electron chi connectivity index (χ2n) is 8.35. The van der Waals surface area contributed by atoms with Crippen LogP contribution in [0.2, 0.25) is 10.0 Å². The van der Waals surface area contributed by atoms with E-state index in [0.717, 1.165) is 34.8 Å². The topological polar surface area (TPSA) is 88.1 Å². The van der Waals surface area contributed by atoms with Crippen molar-refractivity contribution in [2.45, 2.75) is 45.4 Å². The summed E-state index contributed by atoms with van der Waals surface area (Å²) in [6.07, 6.45) is 3.60. The largest absolute Gasteiger partial charge is 0.343 e. The molecule has 1 aromatic carbocycles. The van der Waals surface area contributed by atoms with Crippen molar-refractivity contribution < 1.29 is 9.59 Å². The normalized spacial score (nSPS) is 14.3. The summed E-state index contributed by atoms with van der Waals surface area (Å²) in [7, 11) is 0. The lowest BCUT2D eigenvalue weighted by molar-refractivity contribution is -0.133. The average molecular weight is 518 g/mol. The van der Waals surface area contributed by atoms with Crippen molar-refractivity contribution >= 4 is 52.2 Å². The molecular formula is C24H25Cl2N5O2S. The number of hydrogen-bond donors (Lipinski definition) is 1. The highest BCUT2D eigenvalue weighted by atomic mass is 35.5. The maximum Gasteiger partial charge on any atom is 0.226 e. The quantitative estimate of drug-likeness (QED) is 0.456. The SMILES string of the molecule is Cc1cnc(NC(=O)CCC(=O)N2CCC(c3nc(-c4ccc(Cl)c(Cl)c4)cs3)CC2)c(C)n1. The third-order valence-corrected chi connectivity index (χ3v) is 7.57. The molecule has 1 saturated heterocycles. The summed E-state index contributed by atoms with van der Waals surface area (Å²) in [6, 6.07) is 5.52. The maximum atomic E-state index is 12.6. The van der Waals surface area contributed by atoms with E-state index in [2.05, 4.69) is 15.3 Å². The number of amides is 2. The Morgan fingerprint density at radius 1 is 1.12 bits per heavy atom. The monoisotopic (exact) mass is 517 g/mol. The van der Waals surface area contributed by atoms with Crippen LogP contribution in [-0.4, -0.2) is 44.8 Å². The zero-order chi connectivity index (χ0) is 24.2. The van der Waals surface area contributed by atoms with Gasteiger partial charge in [-0.25, -0.2) is 9.97 Å². The lowest BCUT2D eigenvalue weighted by Crippen LogP contribution is -2.38. The Hall–Kier alpha value is -2.55. The van der Waals surface area contributed by atoms with Crippen LogP contribution in [0.4, 0.5) is 5.82 Å². The van der Waals surface area contributed by atoms with Gasteiger partial charge >= 0.3 is 0 Å². The fourth-order valence-corrected chi connectivity index (χ4v) is 5.23. The third kappa shape index (κ3) is 5.92. The highest BCUT2D eigenvalue weighted by molar-refractivity contribution is 7.10. The van der Waals surface area contributed by atoms with Crippen LogP contribution in [0.25, 0.3) is 11.3 Å². The molecule has 0 aliphatic carbocycles. The molecule has 2 aromatic heterocycles. The first-order valence-corrected chi connectivity index (χ1v) is 12.7. The fraction of sp³-hybridized carbons (Fsp3) is 0.375. The van der Waals surface area contributed by atoms with E-state index in [9.17, 15) is 9.59 Å². The van der Waals surface area contributed by atoms with Crippen LogP contribution in [0.5, 0.6) is 0 Å². The molecular weight excluding hydrogens is 493 g/mol. The molecule has 4 rings (SSSR count). The minimum Gasteiger partial charge on any atom is -0.343 e. The lowest BCUT2D eigenvalue weighted by Gasteiger charge is -2.31. The smallest absolute Gasteiger partial charge is 0.226 e. The molecule has 0 bridgehead atoms. The first kappa shape index (κ1) is 24.6. The van der Waals surface area contributed by atoms with Crippen LogP contribution in [0, 0.1) is 13.8 Å². The molecule has 3 aromatic rings. The molecule has 1 aliphatic rings. The number of benzene rings is 1. The van der Waals surface area contributed by atoms with E-state index in [1.807, 2.05) is 29.3 Å². The molecule has 0 saturated carbocycles. The molecule has 3 heterocycles. The van der Waals surface area contributed by atoms with Gasteiger partial charge < -0.3 is 10.2 Å². The van der Waals surface area contributed by atoms with E-state index in [4.69, 9.17) is 28.2 Å². The van der Waals surface area contributed by atoms with Gasteiger partial charge in [0.05, 0.1) is 38.3 Å². The van der Waals surface area contributed by atoms with Gasteiger partial charge in [-0.05, 0) is 38.8 Å². The van der Waals surface area contributed by atoms with Crippen molar-refractivity contribution in [2.75, 3.05) is 18.4 Å². The van der Waals surface area contributed by atoms with E-state index < -0.39 is 0 Å². The Morgan fingerprint density at radius 2 is 1.88 bits per heavy atom. The maximum absolute atomic E-state index is 12.6. The molecule has 0 atom stereocenters. The number of aryl methyl sites for hydroxylation is 2. The Balaban J connectivity index is 1.26. The predicted octanol–water partition coefficient (Wildman–Crippen LogP) is 5.65. The van der Waals surface area contributed by atoms with Gasteiger partial charge in [0.25, 0.3) is 0 Å². The number of thiazole rings is 1. The number of aromatic nitrogens is 3. The number of nitrogens with zero attached hydrogens (tertiary/aromatic N) is 4. The number of carbonyl (C=O) groups excluding carboxylic acids is 2. The fourth-order valence-electron chi connectivity index (χ4n) is 3.93. The average Bonchev–Trinajstić information content (AvgIpc) is 3.31. The summed E-state index contributed by atoms with van der Waals surface area (Å²) in [4.78, 5) is 40.0. The van der Waals surface area contributed by atoms with Gasteiger partial charge in [-0.3, -0.25) is 14.6 Å². The molecule has 1 fully saturated rings. The van der Waals surface area contributed by atoms with E-state index in [-0.39, 0.29) is 24.7 Å². The van der Waals surface area contributed by atoms with Crippen molar-refractivity contribution in [1.29, 1.82) is 0 Å². The molecule has 0 radical (unpaired) electrons. The van der Waals surface area contributed by atoms with Crippen molar-refractivity contribution in [3.63, 3.8) is 0 Å². The number of anilines is 1. The van der Waals surface area contributed by atoms with Crippen molar-refractivity contribution in [1.82, 2.24) is 19.9 Å². The molecule has 0 unspecified atom stereocenters. The summed E-state index contributed by atoms with van der Waals surface area (Å²) in [5, 5.41) is 6.88. The minimum atomic E-state index is -0.234. The molecule has 178 valence electrons. The van der Waals surface area contributed by atoms with Gasteiger partial charge in [-0.2, -0.15) is 0 Å². The van der Waals surface area contributed by atoms with E-state index in [0.29, 0.717) is 40.6 Å². The van der Waals surface area contributed by atoms with Gasteiger partial charge in [-0.15, -0.1) is 11.3 Å². The number of piperidine rings is 1. The highest BCUT2D eigenvalue weighted by Crippen LogP contribution is 2.34. The van der Waals surface area contributed by atoms with Crippen LogP contribution in [-0.2, 0) is 9.59 Å². The van der Waals surface area contributed by atoms with E-state index >= 15 is 0 Å². The Kier molecular flexibility index (Phi) is 7.80. The number of nitrogens with one attached hydrogen (secondary N) is 1. The van der Waals surface area contributed by atoms with Crippen LogP contribution in [0.1, 0.15) is 48.0 Å². The molecule has 1 N–H and O–H groups in total. The van der Waals surface area contributed by atoms with Gasteiger partial charge in [0.2, 0.25) is 11.8 Å². The zero-order valence-electron chi connectivity index (χ0n) is 19.0. The summed E-state index contributed by atoms with van der Waals surface area (Å²) < 4.78 is 0. The van der Waals surface area contributed by atoms with Crippen LogP contribution >= 0.6 is 34.5 Å². The van der Waals surface area contributed by atoms with Gasteiger partial charge in [-0.1, -0.05) is 29.3 Å². The molecule has 1 aliphatic heterocycles. The highest BCUT2D eigenvalue weighted by Gasteiger charge is 2.26. The van der Waals surface area contributed by atoms with Gasteiger partial charge in [0.1, 0.15) is 0 Å². The lowest BCUT2D eigenvalue weighted by atomic mass is 9.97. The minimum absolute atomic E-state index is 0.00375. The van der Waals surface area contributed by atoms with Gasteiger partial charge in [0, 0.05) is 42.8 Å². The van der Waals surface area contributed by atoms with Crippen molar-refractivity contribution in [2.24, 2.45) is 0 Å². The first-order chi connectivity index (χ1) is 16.3. The van der Waals surface area contributed by atoms with E-state index in [1.165, 1.54) is 0 Å². The second kappa shape index (κ2) is 10.8. The van der Waals surface area contributed by atoms with Crippen LogP contribution in [0.15, 0.2) is 29.8 Å². The predicted molar refractivity (Wildman–Crippen MR) is 135 cm³/mol. The Morgan fingerprint density at radius 3 is 2.59 bits per heavy atom.